The Bertz CT molecular complexity index is 537. The van der Waals surface area contributed by atoms with E-state index in [-0.39, 0.29) is 8.64 Å². The molecule has 1 aliphatic rings. The second-order valence-electron chi connectivity index (χ2n) is 7.69. The third-order valence-corrected chi connectivity index (χ3v) is 5.04. The van der Waals surface area contributed by atoms with Crippen LogP contribution in [0.25, 0.3) is 0 Å². The molecule has 0 radical (unpaired) electrons. The van der Waals surface area contributed by atoms with Gasteiger partial charge >= 0.3 is 0 Å². The van der Waals surface area contributed by atoms with E-state index < -0.39 is 0 Å². The van der Waals surface area contributed by atoms with E-state index in [1.54, 1.807) is 6.92 Å². The Morgan fingerprint density at radius 1 is 1.54 bits per heavy atom. The average molecular weight is 340 g/mol. The van der Waals surface area contributed by atoms with E-state index in [4.69, 9.17) is 4.74 Å². The number of aryl methyl sites for hydroxylation is 1. The van der Waals surface area contributed by atoms with Gasteiger partial charge in [-0.1, -0.05) is 27.7 Å². The molecule has 0 bridgehead atoms. The Hall–Kier alpha value is -1.20. The topological polar surface area (TPSA) is 58.2 Å². The molecule has 0 aromatic carbocycles. The number of hydrogen-bond acceptors (Lipinski definition) is 4. The van der Waals surface area contributed by atoms with E-state index in [1.165, 1.54) is 5.69 Å². The van der Waals surface area contributed by atoms with Crippen molar-refractivity contribution in [2.75, 3.05) is 19.9 Å². The summed E-state index contributed by atoms with van der Waals surface area (Å²) in [6, 6.07) is 0.311. The van der Waals surface area contributed by atoms with E-state index in [0.29, 0.717) is 43.6 Å². The van der Waals surface area contributed by atoms with Gasteiger partial charge in [-0.05, 0) is 37.5 Å². The monoisotopic (exact) mass is 339 g/mol. The van der Waals surface area contributed by atoms with Crippen LogP contribution in [0.15, 0.2) is 6.20 Å². The van der Waals surface area contributed by atoms with Gasteiger partial charge in [-0.3, -0.25) is 4.90 Å². The molecule has 140 valence electrons. The largest absolute Gasteiger partial charge is 0.366 e. The van der Waals surface area contributed by atoms with Crippen molar-refractivity contribution >= 4 is 5.78 Å². The highest BCUT2D eigenvalue weighted by atomic mass is 16.5. The molecule has 5 nitrogen and oxygen atoms in total. The fourth-order valence-corrected chi connectivity index (χ4v) is 3.46. The summed E-state index contributed by atoms with van der Waals surface area (Å²) in [6.07, 6.45) is 4.64. The van der Waals surface area contributed by atoms with Crippen molar-refractivity contribution < 1.29 is 12.4 Å². The normalized spacial score (nSPS) is 23.1. The van der Waals surface area contributed by atoms with Gasteiger partial charge in [0.15, 0.2) is 0 Å². The van der Waals surface area contributed by atoms with E-state index in [1.807, 2.05) is 6.20 Å². The van der Waals surface area contributed by atoms with E-state index >= 15 is 0 Å². The summed E-state index contributed by atoms with van der Waals surface area (Å²) in [5.41, 5.74) is 1.19. The molecule has 1 aliphatic heterocycles. The number of ether oxygens (including phenoxy) is 1. The number of Topliss-reactive ketones (excluding diaryl/α,β-unsaturated/α-hetero) is 1. The van der Waals surface area contributed by atoms with Gasteiger partial charge in [-0.15, -0.1) is 0 Å². The van der Waals surface area contributed by atoms with Gasteiger partial charge in [0.1, 0.15) is 11.6 Å². The number of ketones is 1. The lowest BCUT2D eigenvalue weighted by Gasteiger charge is -2.25. The van der Waals surface area contributed by atoms with Crippen molar-refractivity contribution in [3.05, 3.63) is 17.7 Å². The summed E-state index contributed by atoms with van der Waals surface area (Å²) in [5, 5.41) is 0. The third kappa shape index (κ3) is 5.15. The summed E-state index contributed by atoms with van der Waals surface area (Å²) in [7, 11) is 0. The molecule has 1 aromatic heterocycles. The van der Waals surface area contributed by atoms with Gasteiger partial charge in [0.2, 0.25) is 0 Å². The first-order valence-electron chi connectivity index (χ1n) is 9.25. The third-order valence-electron chi connectivity index (χ3n) is 5.04. The number of rotatable bonds is 9. The maximum absolute atomic E-state index is 11.4. The lowest BCUT2D eigenvalue weighted by molar-refractivity contribution is -0.119. The molecular weight excluding hydrogens is 302 g/mol. The van der Waals surface area contributed by atoms with Crippen LogP contribution in [0.5, 0.6) is 0 Å². The maximum atomic E-state index is 11.4. The first-order chi connectivity index (χ1) is 11.4. The summed E-state index contributed by atoms with van der Waals surface area (Å²) in [5.74, 6) is 2.71. The number of aromatic nitrogens is 2. The van der Waals surface area contributed by atoms with Gasteiger partial charge in [0.05, 0.1) is 19.4 Å². The number of carbonyl (C=O) groups excluding carboxylic acids is 1. The van der Waals surface area contributed by atoms with Gasteiger partial charge in [-0.25, -0.2) is 4.98 Å². The minimum absolute atomic E-state index is 0. The maximum Gasteiger partial charge on any atom is 0.130 e. The molecule has 24 heavy (non-hydrogen) atoms. The summed E-state index contributed by atoms with van der Waals surface area (Å²) >= 11 is 0. The molecule has 2 heterocycles. The number of imidazole rings is 1. The molecule has 0 aliphatic carbocycles. The van der Waals surface area contributed by atoms with E-state index in [2.05, 4.69) is 42.6 Å². The molecule has 1 saturated heterocycles. The first kappa shape index (κ1) is 19.1. The predicted molar refractivity (Wildman–Crippen MR) is 99.9 cm³/mol. The molecule has 1 unspecified atom stereocenters. The lowest BCUT2D eigenvalue weighted by Crippen LogP contribution is -2.29. The second kappa shape index (κ2) is 8.77. The van der Waals surface area contributed by atoms with Crippen LogP contribution in [0.3, 0.4) is 0 Å². The number of likely N-dealkylation sites (tertiary alicyclic amines) is 1. The van der Waals surface area contributed by atoms with E-state index in [0.717, 1.165) is 25.2 Å². The zero-order chi connectivity index (χ0) is 17.7. The average Bonchev–Trinajstić information content (AvgIpc) is 3.11. The number of H-pyrrole nitrogens is 1. The molecule has 3 atom stereocenters. The number of nitrogens with one attached hydrogen (secondary N) is 1. The highest BCUT2D eigenvalue weighted by Crippen LogP contribution is 2.33. The fraction of sp³-hybridized carbons (Fsp3) is 0.789. The van der Waals surface area contributed by atoms with Crippen LogP contribution in [0.4, 0.5) is 0 Å². The molecule has 5 heteroatoms. The van der Waals surface area contributed by atoms with Crippen LogP contribution in [-0.2, 0) is 16.0 Å². The van der Waals surface area contributed by atoms with Crippen LogP contribution in [0.1, 0.15) is 67.9 Å². The van der Waals surface area contributed by atoms with Crippen molar-refractivity contribution in [3.63, 3.8) is 0 Å². The Balaban J connectivity index is 0.00000312. The van der Waals surface area contributed by atoms with Crippen LogP contribution in [-0.4, -0.2) is 40.5 Å². The summed E-state index contributed by atoms with van der Waals surface area (Å²) in [4.78, 5) is 21.8. The lowest BCUT2D eigenvalue weighted by atomic mass is 9.92. The van der Waals surface area contributed by atoms with Crippen LogP contribution in [0.2, 0.25) is 0 Å². The van der Waals surface area contributed by atoms with Crippen molar-refractivity contribution in [3.8, 4) is 0 Å². The molecule has 1 N–H and O–H groups in total. The zero-order valence-corrected chi connectivity index (χ0v) is 15.8. The van der Waals surface area contributed by atoms with Crippen molar-refractivity contribution in [2.24, 2.45) is 17.8 Å². The number of hydrogen-bond donors (Lipinski definition) is 1. The standard InChI is InChI=1S/C19H33N3O2.2H2/c1-6-17-9-20-19(21-17)18-7-14(4)10-22(18)12-24-11-16(13(2)3)8-15(5)23;;/h9,13-14,16,18H,6-8,10-12H2,1-5H3,(H,20,21);2*1H/t14?,16-,18+;;/m1../s1. The molecule has 0 spiro atoms. The van der Waals surface area contributed by atoms with Gasteiger partial charge < -0.3 is 14.5 Å². The Morgan fingerprint density at radius 2 is 2.29 bits per heavy atom. The van der Waals surface area contributed by atoms with Gasteiger partial charge in [-0.2, -0.15) is 0 Å². The Kier molecular flexibility index (Phi) is 6.99. The van der Waals surface area contributed by atoms with Crippen LogP contribution < -0.4 is 0 Å². The second-order valence-corrected chi connectivity index (χ2v) is 7.69. The zero-order valence-electron chi connectivity index (χ0n) is 15.8. The van der Waals surface area contributed by atoms with Crippen molar-refractivity contribution in [1.82, 2.24) is 14.9 Å². The van der Waals surface area contributed by atoms with E-state index in [9.17, 15) is 4.79 Å². The smallest absolute Gasteiger partial charge is 0.130 e. The van der Waals surface area contributed by atoms with Gasteiger partial charge in [0, 0.05) is 27.7 Å². The molecule has 1 aromatic rings. The number of carbonyl (C=O) groups is 1. The number of nitrogens with zero attached hydrogens (tertiary/aromatic N) is 2. The fourth-order valence-electron chi connectivity index (χ4n) is 3.46. The minimum atomic E-state index is 0. The summed E-state index contributed by atoms with van der Waals surface area (Å²) < 4.78 is 6.01. The quantitative estimate of drug-likeness (QED) is 0.737. The van der Waals surface area contributed by atoms with Gasteiger partial charge in [0.25, 0.3) is 0 Å². The van der Waals surface area contributed by atoms with Crippen LogP contribution in [0, 0.1) is 17.8 Å². The highest BCUT2D eigenvalue weighted by molar-refractivity contribution is 5.75. The predicted octanol–water partition coefficient (Wildman–Crippen LogP) is 4.07. The first-order valence-corrected chi connectivity index (χ1v) is 9.25. The highest BCUT2D eigenvalue weighted by Gasteiger charge is 2.32. The Labute approximate surface area is 149 Å². The molecular formula is C19H37N3O2. The van der Waals surface area contributed by atoms with Crippen LogP contribution >= 0.6 is 0 Å². The SMILES string of the molecule is CCc1cnc([C@@H]2CC(C)CN2COC[C@@H](CC(C)=O)C(C)C)[nH]1.[HH].[HH]. The van der Waals surface area contributed by atoms with Crippen molar-refractivity contribution in [2.45, 2.75) is 59.9 Å². The molecule has 0 saturated carbocycles. The molecule has 2 rings (SSSR count). The minimum Gasteiger partial charge on any atom is -0.366 e. The Morgan fingerprint density at radius 3 is 2.88 bits per heavy atom. The summed E-state index contributed by atoms with van der Waals surface area (Å²) in [6.45, 7) is 12.7. The van der Waals surface area contributed by atoms with Crippen molar-refractivity contribution in [1.29, 1.82) is 0 Å². The number of aromatic amines is 1. The molecule has 0 amide bonds. The molecule has 1 fully saturated rings.